The lowest BCUT2D eigenvalue weighted by atomic mass is 10.1. The van der Waals surface area contributed by atoms with Gasteiger partial charge in [-0.25, -0.2) is 9.18 Å². The molecule has 0 amide bonds. The van der Waals surface area contributed by atoms with Crippen molar-refractivity contribution in [3.63, 3.8) is 0 Å². The number of carbonyl (C=O) groups is 1. The van der Waals surface area contributed by atoms with Crippen LogP contribution in [0.4, 0.5) is 4.39 Å². The Kier molecular flexibility index (Phi) is 2.42. The van der Waals surface area contributed by atoms with Gasteiger partial charge < -0.3 is 5.11 Å². The van der Waals surface area contributed by atoms with Crippen molar-refractivity contribution >= 4 is 17.3 Å². The summed E-state index contributed by atoms with van der Waals surface area (Å²) in [6, 6.07) is 4.06. The molecule has 0 spiro atoms. The summed E-state index contributed by atoms with van der Waals surface area (Å²) in [5, 5.41) is 16.5. The molecule has 15 heavy (non-hydrogen) atoms. The molecule has 0 aliphatic heterocycles. The van der Waals surface area contributed by atoms with E-state index in [0.717, 1.165) is 17.4 Å². The van der Waals surface area contributed by atoms with Crippen LogP contribution in [0.2, 0.25) is 0 Å². The lowest BCUT2D eigenvalue weighted by Gasteiger charge is -2.02. The number of hydrogen-bond acceptors (Lipinski definition) is 4. The van der Waals surface area contributed by atoms with Crippen molar-refractivity contribution in [3.05, 3.63) is 35.1 Å². The van der Waals surface area contributed by atoms with Crippen molar-refractivity contribution in [2.45, 2.75) is 0 Å². The number of benzene rings is 1. The first-order valence-corrected chi connectivity index (χ1v) is 4.86. The van der Waals surface area contributed by atoms with E-state index in [1.165, 1.54) is 17.6 Å². The number of carboxylic acids is 1. The Hall–Kier alpha value is -1.82. The van der Waals surface area contributed by atoms with Crippen LogP contribution < -0.4 is 0 Å². The van der Waals surface area contributed by atoms with Crippen molar-refractivity contribution in [3.8, 4) is 10.6 Å². The highest BCUT2D eigenvalue weighted by Crippen LogP contribution is 2.26. The third-order valence-electron chi connectivity index (χ3n) is 1.82. The molecule has 0 aliphatic carbocycles. The van der Waals surface area contributed by atoms with Crippen LogP contribution in [-0.4, -0.2) is 21.3 Å². The highest BCUT2D eigenvalue weighted by molar-refractivity contribution is 7.12. The maximum Gasteiger partial charge on any atom is 0.339 e. The number of halogens is 1. The van der Waals surface area contributed by atoms with Crippen LogP contribution in [0, 0.1) is 5.82 Å². The van der Waals surface area contributed by atoms with Crippen LogP contribution in [0.3, 0.4) is 0 Å². The van der Waals surface area contributed by atoms with Crippen LogP contribution in [0.5, 0.6) is 0 Å². The molecule has 0 radical (unpaired) electrons. The SMILES string of the molecule is O=C(O)c1c(F)cccc1-c1nncs1. The quantitative estimate of drug-likeness (QED) is 0.847. The van der Waals surface area contributed by atoms with E-state index in [1.807, 2.05) is 0 Å². The third-order valence-corrected chi connectivity index (χ3v) is 2.54. The maximum atomic E-state index is 13.3. The summed E-state index contributed by atoms with van der Waals surface area (Å²) in [7, 11) is 0. The van der Waals surface area contributed by atoms with Gasteiger partial charge in [-0.1, -0.05) is 23.5 Å². The molecule has 0 fully saturated rings. The Labute approximate surface area is 88.0 Å². The van der Waals surface area contributed by atoms with Crippen LogP contribution in [0.1, 0.15) is 10.4 Å². The Balaban J connectivity index is 2.66. The van der Waals surface area contributed by atoms with Crippen molar-refractivity contribution in [2.24, 2.45) is 0 Å². The first kappa shape index (κ1) is 9.72. The van der Waals surface area contributed by atoms with Crippen LogP contribution in [-0.2, 0) is 0 Å². The van der Waals surface area contributed by atoms with Gasteiger partial charge in [-0.3, -0.25) is 0 Å². The molecule has 0 saturated carbocycles. The normalized spacial score (nSPS) is 10.2. The van der Waals surface area contributed by atoms with Gasteiger partial charge >= 0.3 is 5.97 Å². The molecule has 0 saturated heterocycles. The van der Waals surface area contributed by atoms with Crippen molar-refractivity contribution in [1.82, 2.24) is 10.2 Å². The van der Waals surface area contributed by atoms with Gasteiger partial charge in [0, 0.05) is 5.56 Å². The molecule has 1 aromatic carbocycles. The number of hydrogen-bond donors (Lipinski definition) is 1. The first-order chi connectivity index (χ1) is 7.20. The summed E-state index contributed by atoms with van der Waals surface area (Å²) in [5.41, 5.74) is 1.35. The Morgan fingerprint density at radius 1 is 1.47 bits per heavy atom. The van der Waals surface area contributed by atoms with Gasteiger partial charge in [0.15, 0.2) is 0 Å². The summed E-state index contributed by atoms with van der Waals surface area (Å²) >= 11 is 1.16. The van der Waals surface area contributed by atoms with Crippen LogP contribution in [0.15, 0.2) is 23.7 Å². The number of aromatic nitrogens is 2. The molecule has 0 atom stereocenters. The van der Waals surface area contributed by atoms with Gasteiger partial charge in [-0.15, -0.1) is 10.2 Å². The van der Waals surface area contributed by atoms with E-state index >= 15 is 0 Å². The second-order valence-corrected chi connectivity index (χ2v) is 3.54. The second-order valence-electron chi connectivity index (χ2n) is 2.71. The lowest BCUT2D eigenvalue weighted by Crippen LogP contribution is -2.03. The predicted molar refractivity (Wildman–Crippen MR) is 52.3 cm³/mol. The topological polar surface area (TPSA) is 63.1 Å². The van der Waals surface area contributed by atoms with Gasteiger partial charge in [0.1, 0.15) is 21.9 Å². The van der Waals surface area contributed by atoms with Crippen LogP contribution >= 0.6 is 11.3 Å². The van der Waals surface area contributed by atoms with E-state index in [2.05, 4.69) is 10.2 Å². The fourth-order valence-electron chi connectivity index (χ4n) is 1.21. The second kappa shape index (κ2) is 3.74. The summed E-state index contributed by atoms with van der Waals surface area (Å²) in [5.74, 6) is -2.08. The van der Waals surface area contributed by atoms with Gasteiger partial charge in [-0.2, -0.15) is 0 Å². The zero-order valence-corrected chi connectivity index (χ0v) is 8.16. The minimum atomic E-state index is -1.31. The van der Waals surface area contributed by atoms with Gasteiger partial charge in [-0.05, 0) is 6.07 Å². The smallest absolute Gasteiger partial charge is 0.339 e. The largest absolute Gasteiger partial charge is 0.478 e. The zero-order valence-electron chi connectivity index (χ0n) is 7.35. The van der Waals surface area contributed by atoms with Gasteiger partial charge in [0.2, 0.25) is 0 Å². The lowest BCUT2D eigenvalue weighted by molar-refractivity contribution is 0.0693. The number of rotatable bonds is 2. The monoisotopic (exact) mass is 224 g/mol. The molecule has 0 aliphatic rings. The molecule has 1 aromatic heterocycles. The minimum absolute atomic E-state index is 0.255. The first-order valence-electron chi connectivity index (χ1n) is 3.98. The van der Waals surface area contributed by atoms with E-state index < -0.39 is 11.8 Å². The fourth-order valence-corrected chi connectivity index (χ4v) is 1.80. The molecule has 0 unspecified atom stereocenters. The van der Waals surface area contributed by atoms with E-state index in [9.17, 15) is 9.18 Å². The summed E-state index contributed by atoms with van der Waals surface area (Å²) in [6.07, 6.45) is 0. The molecular weight excluding hydrogens is 219 g/mol. The van der Waals surface area contributed by atoms with E-state index in [-0.39, 0.29) is 11.1 Å². The van der Waals surface area contributed by atoms with Crippen LogP contribution in [0.25, 0.3) is 10.6 Å². The van der Waals surface area contributed by atoms with E-state index in [4.69, 9.17) is 5.11 Å². The highest BCUT2D eigenvalue weighted by Gasteiger charge is 2.18. The molecule has 76 valence electrons. The molecule has 2 aromatic rings. The van der Waals surface area contributed by atoms with Gasteiger partial charge in [0.05, 0.1) is 0 Å². The maximum absolute atomic E-state index is 13.3. The Morgan fingerprint density at radius 3 is 2.87 bits per heavy atom. The summed E-state index contributed by atoms with van der Waals surface area (Å²) in [6.45, 7) is 0. The standard InChI is InChI=1S/C9H5FN2O2S/c10-6-3-1-2-5(7(6)9(13)14)8-12-11-4-15-8/h1-4H,(H,13,14). The average Bonchev–Trinajstić information content (AvgIpc) is 2.69. The Bertz CT molecular complexity index is 499. The molecule has 4 nitrogen and oxygen atoms in total. The molecule has 6 heteroatoms. The number of aromatic carboxylic acids is 1. The Morgan fingerprint density at radius 2 is 2.27 bits per heavy atom. The third kappa shape index (κ3) is 1.71. The highest BCUT2D eigenvalue weighted by atomic mass is 32.1. The number of carboxylic acid groups (broad SMARTS) is 1. The molecular formula is C9H5FN2O2S. The molecule has 0 bridgehead atoms. The van der Waals surface area contributed by atoms with Gasteiger partial charge in [0.25, 0.3) is 0 Å². The van der Waals surface area contributed by atoms with Crippen molar-refractivity contribution in [2.75, 3.05) is 0 Å². The van der Waals surface area contributed by atoms with Crippen molar-refractivity contribution in [1.29, 1.82) is 0 Å². The zero-order chi connectivity index (χ0) is 10.8. The van der Waals surface area contributed by atoms with Crippen molar-refractivity contribution < 1.29 is 14.3 Å². The predicted octanol–water partition coefficient (Wildman–Crippen LogP) is 2.04. The summed E-state index contributed by atoms with van der Waals surface area (Å²) < 4.78 is 13.3. The number of nitrogens with zero attached hydrogens (tertiary/aromatic N) is 2. The molecule has 2 rings (SSSR count). The fraction of sp³-hybridized carbons (Fsp3) is 0. The van der Waals surface area contributed by atoms with E-state index in [1.54, 1.807) is 0 Å². The minimum Gasteiger partial charge on any atom is -0.478 e. The summed E-state index contributed by atoms with van der Waals surface area (Å²) in [4.78, 5) is 10.9. The molecule has 1 heterocycles. The molecule has 1 N–H and O–H groups in total. The van der Waals surface area contributed by atoms with E-state index in [0.29, 0.717) is 5.01 Å². The average molecular weight is 224 g/mol.